The summed E-state index contributed by atoms with van der Waals surface area (Å²) in [4.78, 5) is 24.8. The second-order valence-corrected chi connectivity index (χ2v) is 4.16. The summed E-state index contributed by atoms with van der Waals surface area (Å²) in [5.74, 6) is -0.367. The number of methoxy groups -OCH3 is 1. The van der Waals surface area contributed by atoms with Gasteiger partial charge in [-0.15, -0.1) is 0 Å². The molecule has 0 rings (SSSR count). The predicted molar refractivity (Wildman–Crippen MR) is 62.9 cm³/mol. The fourth-order valence-corrected chi connectivity index (χ4v) is 1.73. The van der Waals surface area contributed by atoms with Crippen LogP contribution in [0.3, 0.4) is 0 Å². The largest absolute Gasteiger partial charge is 0.469 e. The molecule has 16 heavy (non-hydrogen) atoms. The van der Waals surface area contributed by atoms with Gasteiger partial charge < -0.3 is 9.64 Å². The lowest BCUT2D eigenvalue weighted by Crippen LogP contribution is -2.37. The molecule has 0 aliphatic heterocycles. The molecule has 4 heteroatoms. The minimum atomic E-state index is -0.274. The average Bonchev–Trinajstić information content (AvgIpc) is 2.29. The highest BCUT2D eigenvalue weighted by Gasteiger charge is 2.22. The van der Waals surface area contributed by atoms with Crippen LogP contribution in [0.4, 0.5) is 0 Å². The molecule has 0 aliphatic rings. The van der Waals surface area contributed by atoms with Crippen LogP contribution in [0.1, 0.15) is 33.6 Å². The molecule has 0 spiro atoms. The summed E-state index contributed by atoms with van der Waals surface area (Å²) in [7, 11) is 3.10. The third kappa shape index (κ3) is 4.21. The quantitative estimate of drug-likeness (QED) is 0.651. The first-order valence-electron chi connectivity index (χ1n) is 5.80. The molecule has 0 fully saturated rings. The highest BCUT2D eigenvalue weighted by molar-refractivity contribution is 5.79. The molecule has 0 N–H and O–H groups in total. The van der Waals surface area contributed by atoms with Gasteiger partial charge in [-0.25, -0.2) is 0 Å². The second-order valence-electron chi connectivity index (χ2n) is 4.16. The maximum absolute atomic E-state index is 11.9. The van der Waals surface area contributed by atoms with Crippen LogP contribution in [-0.2, 0) is 14.3 Å². The fraction of sp³-hybridized carbons (Fsp3) is 0.833. The normalized spacial score (nSPS) is 12.4. The third-order valence-electron chi connectivity index (χ3n) is 2.86. The van der Waals surface area contributed by atoms with Gasteiger partial charge in [0.1, 0.15) is 0 Å². The molecule has 0 aromatic carbocycles. The minimum absolute atomic E-state index is 0.0647. The van der Waals surface area contributed by atoms with E-state index in [1.165, 1.54) is 7.11 Å². The average molecular weight is 229 g/mol. The molecule has 94 valence electrons. The van der Waals surface area contributed by atoms with Crippen molar-refractivity contribution >= 4 is 11.9 Å². The van der Waals surface area contributed by atoms with Crippen LogP contribution < -0.4 is 0 Å². The minimum Gasteiger partial charge on any atom is -0.469 e. The summed E-state index contributed by atoms with van der Waals surface area (Å²) in [6.45, 7) is 6.19. The van der Waals surface area contributed by atoms with Crippen molar-refractivity contribution in [2.24, 2.45) is 11.8 Å². The van der Waals surface area contributed by atoms with Crippen molar-refractivity contribution in [1.82, 2.24) is 4.90 Å². The van der Waals surface area contributed by atoms with E-state index >= 15 is 0 Å². The number of rotatable bonds is 6. The number of carbonyl (C=O) groups excluding carboxylic acids is 2. The van der Waals surface area contributed by atoms with E-state index in [-0.39, 0.29) is 23.7 Å². The number of esters is 1. The van der Waals surface area contributed by atoms with E-state index in [1.807, 2.05) is 13.8 Å². The first-order valence-corrected chi connectivity index (χ1v) is 5.80. The maximum Gasteiger partial charge on any atom is 0.310 e. The number of nitrogens with zero attached hydrogens (tertiary/aromatic N) is 1. The topological polar surface area (TPSA) is 46.6 Å². The first-order chi connectivity index (χ1) is 7.47. The van der Waals surface area contributed by atoms with E-state index in [0.29, 0.717) is 6.54 Å². The van der Waals surface area contributed by atoms with Crippen LogP contribution in [0.5, 0.6) is 0 Å². The van der Waals surface area contributed by atoms with Gasteiger partial charge >= 0.3 is 5.97 Å². The van der Waals surface area contributed by atoms with E-state index in [1.54, 1.807) is 18.9 Å². The molecule has 1 unspecified atom stereocenters. The molecule has 0 aliphatic carbocycles. The molecule has 1 atom stereocenters. The van der Waals surface area contributed by atoms with Gasteiger partial charge in [-0.2, -0.15) is 0 Å². The summed E-state index contributed by atoms with van der Waals surface area (Å²) in [5, 5.41) is 0. The van der Waals surface area contributed by atoms with E-state index in [2.05, 4.69) is 4.74 Å². The molecule has 1 amide bonds. The van der Waals surface area contributed by atoms with Gasteiger partial charge in [0, 0.05) is 19.5 Å². The second kappa shape index (κ2) is 7.25. The Morgan fingerprint density at radius 2 is 1.75 bits per heavy atom. The Labute approximate surface area is 98.0 Å². The zero-order valence-corrected chi connectivity index (χ0v) is 10.9. The lowest BCUT2D eigenvalue weighted by molar-refractivity contribution is -0.146. The van der Waals surface area contributed by atoms with Gasteiger partial charge in [0.15, 0.2) is 0 Å². The molecule has 0 heterocycles. The van der Waals surface area contributed by atoms with Crippen molar-refractivity contribution in [2.75, 3.05) is 20.7 Å². The smallest absolute Gasteiger partial charge is 0.310 e. The van der Waals surface area contributed by atoms with Crippen LogP contribution in [0.2, 0.25) is 0 Å². The molecule has 0 bridgehead atoms. The molecule has 0 saturated heterocycles. The summed E-state index contributed by atoms with van der Waals surface area (Å²) in [6, 6.07) is 0. The van der Waals surface area contributed by atoms with Gasteiger partial charge in [-0.1, -0.05) is 20.8 Å². The number of hydrogen-bond donors (Lipinski definition) is 0. The molecule has 4 nitrogen and oxygen atoms in total. The zero-order chi connectivity index (χ0) is 12.7. The van der Waals surface area contributed by atoms with E-state index < -0.39 is 0 Å². The Balaban J connectivity index is 4.29. The molecule has 0 radical (unpaired) electrons. The van der Waals surface area contributed by atoms with Gasteiger partial charge in [0.25, 0.3) is 0 Å². The lowest BCUT2D eigenvalue weighted by atomic mass is 10.0. The zero-order valence-electron chi connectivity index (χ0n) is 10.9. The van der Waals surface area contributed by atoms with Crippen LogP contribution in [0, 0.1) is 11.8 Å². The lowest BCUT2D eigenvalue weighted by Gasteiger charge is -2.24. The van der Waals surface area contributed by atoms with Crippen molar-refractivity contribution in [3.05, 3.63) is 0 Å². The first kappa shape index (κ1) is 14.9. The van der Waals surface area contributed by atoms with Gasteiger partial charge in [-0.3, -0.25) is 9.59 Å². The van der Waals surface area contributed by atoms with E-state index in [9.17, 15) is 9.59 Å². The number of amides is 1. The molecule has 0 aromatic heterocycles. The van der Waals surface area contributed by atoms with Crippen molar-refractivity contribution in [2.45, 2.75) is 33.6 Å². The predicted octanol–water partition coefficient (Wildman–Crippen LogP) is 1.69. The maximum atomic E-state index is 11.9. The summed E-state index contributed by atoms with van der Waals surface area (Å²) in [5.41, 5.74) is 0. The number of ether oxygens (including phenoxy) is 1. The third-order valence-corrected chi connectivity index (χ3v) is 2.86. The van der Waals surface area contributed by atoms with Crippen molar-refractivity contribution < 1.29 is 14.3 Å². The Bertz CT molecular complexity index is 236. The van der Waals surface area contributed by atoms with Gasteiger partial charge in [-0.05, 0) is 12.8 Å². The Morgan fingerprint density at radius 1 is 1.25 bits per heavy atom. The molecular formula is C12H23NO3. The number of hydrogen-bond acceptors (Lipinski definition) is 3. The highest BCUT2D eigenvalue weighted by Crippen LogP contribution is 2.12. The van der Waals surface area contributed by atoms with Crippen LogP contribution in [0.15, 0.2) is 0 Å². The monoisotopic (exact) mass is 229 g/mol. The fourth-order valence-electron chi connectivity index (χ4n) is 1.73. The summed E-state index contributed by atoms with van der Waals surface area (Å²) < 4.78 is 4.63. The van der Waals surface area contributed by atoms with Crippen molar-refractivity contribution in [3.63, 3.8) is 0 Å². The molecule has 0 saturated carbocycles. The van der Waals surface area contributed by atoms with Crippen molar-refractivity contribution in [3.8, 4) is 0 Å². The van der Waals surface area contributed by atoms with Crippen molar-refractivity contribution in [1.29, 1.82) is 0 Å². The van der Waals surface area contributed by atoms with Gasteiger partial charge in [0.2, 0.25) is 5.91 Å². The van der Waals surface area contributed by atoms with Crippen LogP contribution in [-0.4, -0.2) is 37.5 Å². The van der Waals surface area contributed by atoms with Crippen LogP contribution in [0.25, 0.3) is 0 Å². The number of carbonyl (C=O) groups is 2. The molecule has 0 aromatic rings. The Hall–Kier alpha value is -1.06. The van der Waals surface area contributed by atoms with Crippen LogP contribution >= 0.6 is 0 Å². The molecular weight excluding hydrogens is 206 g/mol. The summed E-state index contributed by atoms with van der Waals surface area (Å²) >= 11 is 0. The van der Waals surface area contributed by atoms with E-state index in [4.69, 9.17) is 0 Å². The summed E-state index contributed by atoms with van der Waals surface area (Å²) in [6.07, 6.45) is 1.68. The highest BCUT2D eigenvalue weighted by atomic mass is 16.5. The Morgan fingerprint density at radius 3 is 2.12 bits per heavy atom. The Kier molecular flexibility index (Phi) is 6.77. The van der Waals surface area contributed by atoms with Gasteiger partial charge in [0.05, 0.1) is 13.0 Å². The standard InChI is InChI=1S/C12H23NO3/c1-6-10(7-2)11(14)13(4)8-9(3)12(15)16-5/h9-10H,6-8H2,1-5H3. The van der Waals surface area contributed by atoms with E-state index in [0.717, 1.165) is 12.8 Å². The SMILES string of the molecule is CCC(CC)C(=O)N(C)CC(C)C(=O)OC.